The molecule has 0 bridgehead atoms. The highest BCUT2D eigenvalue weighted by molar-refractivity contribution is 5.67. The van der Waals surface area contributed by atoms with Crippen LogP contribution in [0.4, 0.5) is 31.4 Å². The molecule has 13 nitrogen and oxygen atoms in total. The van der Waals surface area contributed by atoms with Gasteiger partial charge in [0.15, 0.2) is 5.82 Å². The molecule has 38 heavy (non-hydrogen) atoms. The van der Waals surface area contributed by atoms with E-state index in [9.17, 15) is 13.6 Å². The maximum atomic E-state index is 13.8. The van der Waals surface area contributed by atoms with Crippen LogP contribution in [0.25, 0.3) is 11.4 Å². The molecule has 2 aliphatic rings. The van der Waals surface area contributed by atoms with Gasteiger partial charge in [-0.2, -0.15) is 15.0 Å². The lowest BCUT2D eigenvalue weighted by molar-refractivity contribution is 0.0521. The number of hydrogen-bond donors (Lipinski definition) is 2. The number of anilines is 3. The third-order valence-corrected chi connectivity index (χ3v) is 5.94. The zero-order valence-electron chi connectivity index (χ0n) is 21.9. The molecule has 0 atom stereocenters. The van der Waals surface area contributed by atoms with Gasteiger partial charge >= 0.3 is 6.09 Å². The Morgan fingerprint density at radius 2 is 1.68 bits per heavy atom. The summed E-state index contributed by atoms with van der Waals surface area (Å²) in [6.45, 7) is 11.4. The Morgan fingerprint density at radius 3 is 2.29 bits per heavy atom. The number of alkyl carbamates (subject to hydrolysis) is 1. The molecule has 2 aliphatic heterocycles. The number of hydrogen-bond acceptors (Lipinski definition) is 12. The number of ether oxygens (including phenoxy) is 2. The van der Waals surface area contributed by atoms with Crippen molar-refractivity contribution >= 4 is 23.9 Å². The summed E-state index contributed by atoms with van der Waals surface area (Å²) < 4.78 is 38.3. The summed E-state index contributed by atoms with van der Waals surface area (Å²) in [5, 5.41) is 2.77. The standard InChI is InChI=1S/C23H34F2N10O3/c1-23(2,3)38-22(36)27-4-5-33-6-8-34(9-7-33)20-30-18(15-14-28-19(26)29-16(15)17(24)25)31-21(32-20)35-10-12-37-13-11-35/h14,17H,4-13H2,1-3H3,(H,27,36)(H2,26,28,29). The number of nitrogens with one attached hydrogen (secondary N) is 1. The molecule has 15 heteroatoms. The van der Waals surface area contributed by atoms with Gasteiger partial charge in [-0.25, -0.2) is 23.5 Å². The van der Waals surface area contributed by atoms with Gasteiger partial charge < -0.3 is 30.3 Å². The maximum absolute atomic E-state index is 13.8. The number of halogens is 2. The van der Waals surface area contributed by atoms with Gasteiger partial charge in [0.2, 0.25) is 17.8 Å². The Morgan fingerprint density at radius 1 is 1.05 bits per heavy atom. The van der Waals surface area contributed by atoms with E-state index in [4.69, 9.17) is 15.2 Å². The van der Waals surface area contributed by atoms with Crippen LogP contribution in [0.5, 0.6) is 0 Å². The number of amides is 1. The first kappa shape index (κ1) is 27.6. The molecule has 0 aromatic carbocycles. The highest BCUT2D eigenvalue weighted by Crippen LogP contribution is 2.30. The summed E-state index contributed by atoms with van der Waals surface area (Å²) in [7, 11) is 0. The molecule has 208 valence electrons. The summed E-state index contributed by atoms with van der Waals surface area (Å²) in [6.07, 6.45) is -2.10. The first-order chi connectivity index (χ1) is 18.1. The van der Waals surface area contributed by atoms with Gasteiger partial charge in [-0.1, -0.05) is 0 Å². The SMILES string of the molecule is CC(C)(C)OC(=O)NCCN1CCN(c2nc(-c3cnc(N)nc3C(F)F)nc(N3CCOCC3)n2)CC1. The average molecular weight is 537 g/mol. The van der Waals surface area contributed by atoms with E-state index in [0.717, 1.165) is 0 Å². The molecule has 4 rings (SSSR count). The van der Waals surface area contributed by atoms with E-state index in [0.29, 0.717) is 77.5 Å². The van der Waals surface area contributed by atoms with E-state index in [1.54, 1.807) is 0 Å². The quantitative estimate of drug-likeness (QED) is 0.526. The highest BCUT2D eigenvalue weighted by Gasteiger charge is 2.26. The lowest BCUT2D eigenvalue weighted by atomic mass is 10.2. The topological polar surface area (TPSA) is 148 Å². The zero-order valence-corrected chi connectivity index (χ0v) is 21.9. The molecule has 0 unspecified atom stereocenters. The Labute approximate surface area is 219 Å². The van der Waals surface area contributed by atoms with Crippen LogP contribution in [0.1, 0.15) is 32.9 Å². The molecule has 4 heterocycles. The molecule has 2 aromatic rings. The summed E-state index contributed by atoms with van der Waals surface area (Å²) in [5.74, 6) is 0.592. The number of nitrogen functional groups attached to an aromatic ring is 1. The number of alkyl halides is 2. The molecule has 0 radical (unpaired) electrons. The van der Waals surface area contributed by atoms with Gasteiger partial charge in [0, 0.05) is 58.6 Å². The number of carbonyl (C=O) groups excluding carboxylic acids is 1. The fourth-order valence-electron chi connectivity index (χ4n) is 4.07. The van der Waals surface area contributed by atoms with E-state index in [2.05, 4.69) is 35.1 Å². The fourth-order valence-corrected chi connectivity index (χ4v) is 4.07. The lowest BCUT2D eigenvalue weighted by Gasteiger charge is -2.35. The summed E-state index contributed by atoms with van der Waals surface area (Å²) >= 11 is 0. The summed E-state index contributed by atoms with van der Waals surface area (Å²) in [4.78, 5) is 39.3. The van der Waals surface area contributed by atoms with Gasteiger partial charge in [-0.05, 0) is 20.8 Å². The molecule has 2 fully saturated rings. The molecule has 0 spiro atoms. The molecule has 0 saturated carbocycles. The first-order valence-corrected chi connectivity index (χ1v) is 12.5. The number of nitrogens with zero attached hydrogens (tertiary/aromatic N) is 8. The number of morpholine rings is 1. The predicted octanol–water partition coefficient (Wildman–Crippen LogP) is 1.33. The van der Waals surface area contributed by atoms with Gasteiger partial charge in [0.25, 0.3) is 6.43 Å². The Balaban J connectivity index is 1.48. The second-order valence-corrected chi connectivity index (χ2v) is 9.94. The van der Waals surface area contributed by atoms with Crippen molar-refractivity contribution in [2.45, 2.75) is 32.8 Å². The van der Waals surface area contributed by atoms with Crippen LogP contribution in [0.15, 0.2) is 6.20 Å². The van der Waals surface area contributed by atoms with E-state index in [-0.39, 0.29) is 17.3 Å². The first-order valence-electron chi connectivity index (χ1n) is 12.5. The number of rotatable bonds is 7. The van der Waals surface area contributed by atoms with Crippen LogP contribution in [-0.2, 0) is 9.47 Å². The largest absolute Gasteiger partial charge is 0.444 e. The van der Waals surface area contributed by atoms with Crippen LogP contribution in [-0.4, -0.2) is 107 Å². The number of piperazine rings is 1. The minimum Gasteiger partial charge on any atom is -0.444 e. The van der Waals surface area contributed by atoms with Gasteiger partial charge in [-0.3, -0.25) is 4.90 Å². The third kappa shape index (κ3) is 7.31. The molecule has 0 aliphatic carbocycles. The van der Waals surface area contributed by atoms with E-state index in [1.807, 2.05) is 30.6 Å². The summed E-state index contributed by atoms with van der Waals surface area (Å²) in [6, 6.07) is 0. The van der Waals surface area contributed by atoms with Gasteiger partial charge in [0.1, 0.15) is 11.3 Å². The second kappa shape index (κ2) is 11.9. The Bertz CT molecular complexity index is 1100. The van der Waals surface area contributed by atoms with Crippen LogP contribution in [0, 0.1) is 0 Å². The van der Waals surface area contributed by atoms with Crippen molar-refractivity contribution in [3.63, 3.8) is 0 Å². The van der Waals surface area contributed by atoms with E-state index in [1.165, 1.54) is 6.20 Å². The third-order valence-electron chi connectivity index (χ3n) is 5.94. The second-order valence-electron chi connectivity index (χ2n) is 9.94. The van der Waals surface area contributed by atoms with Crippen molar-refractivity contribution in [3.8, 4) is 11.4 Å². The lowest BCUT2D eigenvalue weighted by Crippen LogP contribution is -2.49. The van der Waals surface area contributed by atoms with Gasteiger partial charge in [-0.15, -0.1) is 0 Å². The van der Waals surface area contributed by atoms with Crippen LogP contribution in [0.3, 0.4) is 0 Å². The normalized spacial score (nSPS) is 17.1. The van der Waals surface area contributed by atoms with Crippen molar-refractivity contribution < 1.29 is 23.0 Å². The molecule has 2 aromatic heterocycles. The molecule has 2 saturated heterocycles. The van der Waals surface area contributed by atoms with Crippen molar-refractivity contribution in [1.29, 1.82) is 0 Å². The smallest absolute Gasteiger partial charge is 0.407 e. The average Bonchev–Trinajstić information content (AvgIpc) is 2.88. The minimum atomic E-state index is -2.87. The zero-order chi connectivity index (χ0) is 27.3. The molecular formula is C23H34F2N10O3. The Kier molecular flexibility index (Phi) is 8.66. The Hall–Kier alpha value is -3.46. The van der Waals surface area contributed by atoms with E-state index >= 15 is 0 Å². The molecule has 1 amide bonds. The van der Waals surface area contributed by atoms with Crippen LogP contribution < -0.4 is 20.9 Å². The van der Waals surface area contributed by atoms with Crippen LogP contribution in [0.2, 0.25) is 0 Å². The number of nitrogens with two attached hydrogens (primary N) is 1. The highest BCUT2D eigenvalue weighted by atomic mass is 19.3. The number of aromatic nitrogens is 5. The monoisotopic (exact) mass is 536 g/mol. The fraction of sp³-hybridized carbons (Fsp3) is 0.652. The van der Waals surface area contributed by atoms with Crippen molar-refractivity contribution in [2.24, 2.45) is 0 Å². The van der Waals surface area contributed by atoms with Crippen molar-refractivity contribution in [2.75, 3.05) is 81.1 Å². The summed E-state index contributed by atoms with van der Waals surface area (Å²) in [5.41, 5.74) is 4.50. The van der Waals surface area contributed by atoms with Gasteiger partial charge in [0.05, 0.1) is 18.8 Å². The van der Waals surface area contributed by atoms with Crippen molar-refractivity contribution in [1.82, 2.24) is 35.1 Å². The molecular weight excluding hydrogens is 502 g/mol. The minimum absolute atomic E-state index is 0.0132. The van der Waals surface area contributed by atoms with Crippen LogP contribution >= 0.6 is 0 Å². The number of carbonyl (C=O) groups is 1. The molecule has 3 N–H and O–H groups in total. The predicted molar refractivity (Wildman–Crippen MR) is 136 cm³/mol. The van der Waals surface area contributed by atoms with E-state index < -0.39 is 23.8 Å². The van der Waals surface area contributed by atoms with Crippen molar-refractivity contribution in [3.05, 3.63) is 11.9 Å². The maximum Gasteiger partial charge on any atom is 0.407 e.